The van der Waals surface area contributed by atoms with Crippen molar-refractivity contribution < 1.29 is 0 Å². The van der Waals surface area contributed by atoms with E-state index in [1.54, 1.807) is 0 Å². The van der Waals surface area contributed by atoms with Crippen LogP contribution < -0.4 is 0 Å². The maximum absolute atomic E-state index is 6.30. The van der Waals surface area contributed by atoms with Crippen LogP contribution >= 0.6 is 0 Å². The van der Waals surface area contributed by atoms with E-state index in [0.717, 1.165) is 0 Å². The first-order chi connectivity index (χ1) is 30.7. The summed E-state index contributed by atoms with van der Waals surface area (Å²) in [6, 6.07) is 51.7. The second-order valence-corrected chi connectivity index (χ2v) is 18.4. The van der Waals surface area contributed by atoms with Gasteiger partial charge in [0, 0.05) is 0 Å². The molecule has 0 nitrogen and oxygen atoms in total. The highest BCUT2D eigenvalue weighted by molar-refractivity contribution is 6.19. The lowest BCUT2D eigenvalue weighted by atomic mass is 9.79. The summed E-state index contributed by atoms with van der Waals surface area (Å²) in [6.07, 6.45) is 0. The van der Waals surface area contributed by atoms with E-state index in [2.05, 4.69) is 201 Å². The van der Waals surface area contributed by atoms with Gasteiger partial charge in [-0.3, -0.25) is 0 Å². The highest BCUT2D eigenvalue weighted by Gasteiger charge is 2.29. The molecule has 0 amide bonds. The molecule has 8 aromatic rings. The van der Waals surface area contributed by atoms with Crippen LogP contribution in [-0.2, 0) is 0 Å². The Hall–Kier alpha value is -5.98. The van der Waals surface area contributed by atoms with Crippen molar-refractivity contribution in [3.05, 3.63) is 235 Å². The molecule has 8 aromatic carbocycles. The number of fused-ring (bicyclic) bond motifs is 12. The highest BCUT2D eigenvalue weighted by atomic mass is 14.3. The molecule has 12 rings (SSSR count). The van der Waals surface area contributed by atoms with E-state index < -0.39 is 0 Å². The van der Waals surface area contributed by atoms with Crippen molar-refractivity contribution >= 4 is 31.4 Å². The number of aryl methyl sites for hydroxylation is 8. The van der Waals surface area contributed by atoms with Crippen LogP contribution in [0.5, 0.6) is 0 Å². The molecule has 64 heavy (non-hydrogen) atoms. The summed E-state index contributed by atoms with van der Waals surface area (Å²) >= 11 is 0. The van der Waals surface area contributed by atoms with Crippen LogP contribution in [-0.4, -0.2) is 31.4 Å². The van der Waals surface area contributed by atoms with Crippen LogP contribution in [0.4, 0.5) is 0 Å². The van der Waals surface area contributed by atoms with E-state index in [1.165, 1.54) is 134 Å². The van der Waals surface area contributed by atoms with Crippen molar-refractivity contribution in [3.63, 3.8) is 0 Å². The summed E-state index contributed by atoms with van der Waals surface area (Å²) in [7, 11) is 25.1. The molecule has 0 aromatic heterocycles. The molecule has 8 radical (unpaired) electrons. The van der Waals surface area contributed by atoms with Crippen LogP contribution in [0.3, 0.4) is 0 Å². The van der Waals surface area contributed by atoms with E-state index in [9.17, 15) is 0 Å². The zero-order chi connectivity index (χ0) is 45.1. The average Bonchev–Trinajstić information content (AvgIpc) is 3.94. The minimum atomic E-state index is 0.0461. The SMILES string of the molecule is [B]C1c2cc(C)ccc2-c2c(C)cccc21.[B]C1c2ccc(C)cc2-c2c(C)cccc21.[B]C1c2ccc(C)cc2-c2cc(C)ccc21.[B]C1c2cccc(C)c2-c2c(C)cccc21. The Morgan fingerprint density at radius 1 is 0.250 bits per heavy atom. The third kappa shape index (κ3) is 7.53. The Bertz CT molecular complexity index is 3010. The van der Waals surface area contributed by atoms with Crippen molar-refractivity contribution in [3.8, 4) is 44.5 Å². The van der Waals surface area contributed by atoms with Gasteiger partial charge in [0.05, 0.1) is 31.4 Å². The second kappa shape index (κ2) is 17.2. The third-order valence-corrected chi connectivity index (χ3v) is 13.8. The summed E-state index contributed by atoms with van der Waals surface area (Å²) in [5.41, 5.74) is 31.2. The average molecular weight is 816 g/mol. The zero-order valence-corrected chi connectivity index (χ0v) is 38.5. The molecule has 4 aliphatic carbocycles. The number of hydrogen-bond donors (Lipinski definition) is 0. The second-order valence-electron chi connectivity index (χ2n) is 18.4. The van der Waals surface area contributed by atoms with Crippen LogP contribution in [0, 0.1) is 55.4 Å². The Labute approximate surface area is 387 Å². The predicted molar refractivity (Wildman–Crippen MR) is 276 cm³/mol. The summed E-state index contributed by atoms with van der Waals surface area (Å²) in [4.78, 5) is 0. The first-order valence-corrected chi connectivity index (χ1v) is 22.6. The van der Waals surface area contributed by atoms with Crippen molar-refractivity contribution in [1.82, 2.24) is 0 Å². The molecule has 2 unspecified atom stereocenters. The molecule has 4 aliphatic rings. The largest absolute Gasteiger partial charge is 0.0828 e. The minimum Gasteiger partial charge on any atom is -0.0617 e. The smallest absolute Gasteiger partial charge is 0.0617 e. The number of hydrogen-bond acceptors (Lipinski definition) is 0. The summed E-state index contributed by atoms with van der Waals surface area (Å²) in [5.74, 6) is 0.186. The van der Waals surface area contributed by atoms with Crippen LogP contribution in [0.25, 0.3) is 44.5 Å². The molecule has 0 aliphatic heterocycles. The van der Waals surface area contributed by atoms with Gasteiger partial charge in [0.25, 0.3) is 0 Å². The van der Waals surface area contributed by atoms with Gasteiger partial charge in [-0.25, -0.2) is 0 Å². The molecular formula is C60H52B4. The first kappa shape index (κ1) is 43.3. The maximum Gasteiger partial charge on any atom is 0.0828 e. The molecule has 4 heteroatoms. The molecule has 0 bridgehead atoms. The van der Waals surface area contributed by atoms with Gasteiger partial charge in [-0.15, -0.1) is 0 Å². The van der Waals surface area contributed by atoms with Gasteiger partial charge in [0.15, 0.2) is 0 Å². The van der Waals surface area contributed by atoms with Crippen molar-refractivity contribution in [2.24, 2.45) is 0 Å². The third-order valence-electron chi connectivity index (χ3n) is 13.8. The molecular weight excluding hydrogens is 764 g/mol. The molecule has 0 saturated heterocycles. The summed E-state index contributed by atoms with van der Waals surface area (Å²) in [5, 5.41) is 0. The molecule has 304 valence electrons. The van der Waals surface area contributed by atoms with Crippen molar-refractivity contribution in [2.75, 3.05) is 0 Å². The van der Waals surface area contributed by atoms with Crippen LogP contribution in [0.15, 0.2) is 146 Å². The van der Waals surface area contributed by atoms with E-state index in [0.29, 0.717) is 0 Å². The van der Waals surface area contributed by atoms with Gasteiger partial charge in [-0.05, 0) is 190 Å². The summed E-state index contributed by atoms with van der Waals surface area (Å²) < 4.78 is 0. The number of benzene rings is 8. The fourth-order valence-electron chi connectivity index (χ4n) is 10.6. The molecule has 0 fully saturated rings. The minimum absolute atomic E-state index is 0.0461. The maximum atomic E-state index is 6.30. The molecule has 0 N–H and O–H groups in total. The lowest BCUT2D eigenvalue weighted by Crippen LogP contribution is -1.95. The van der Waals surface area contributed by atoms with Gasteiger partial charge in [-0.1, -0.05) is 168 Å². The Morgan fingerprint density at radius 2 is 0.547 bits per heavy atom. The lowest BCUT2D eigenvalue weighted by Gasteiger charge is -2.07. The predicted octanol–water partition coefficient (Wildman–Crippen LogP) is 14.2. The Kier molecular flexibility index (Phi) is 11.6. The molecule has 0 saturated carbocycles. The normalized spacial score (nSPS) is 15.3. The molecule has 0 spiro atoms. The van der Waals surface area contributed by atoms with E-state index >= 15 is 0 Å². The monoisotopic (exact) mass is 816 g/mol. The Morgan fingerprint density at radius 3 is 1.00 bits per heavy atom. The fourth-order valence-corrected chi connectivity index (χ4v) is 10.6. The van der Waals surface area contributed by atoms with E-state index in [1.807, 2.05) is 0 Å². The van der Waals surface area contributed by atoms with Crippen molar-refractivity contribution in [1.29, 1.82) is 0 Å². The van der Waals surface area contributed by atoms with Crippen molar-refractivity contribution in [2.45, 2.75) is 78.7 Å². The molecule has 2 atom stereocenters. The van der Waals surface area contributed by atoms with Gasteiger partial charge >= 0.3 is 0 Å². The fraction of sp³-hybridized carbons (Fsp3) is 0.200. The Balaban J connectivity index is 0.000000108. The quantitative estimate of drug-likeness (QED) is 0.134. The number of rotatable bonds is 0. The first-order valence-electron chi connectivity index (χ1n) is 22.6. The topological polar surface area (TPSA) is 0 Å². The van der Waals surface area contributed by atoms with E-state index in [-0.39, 0.29) is 23.3 Å². The molecule has 0 heterocycles. The van der Waals surface area contributed by atoms with Gasteiger partial charge in [-0.2, -0.15) is 0 Å². The lowest BCUT2D eigenvalue weighted by molar-refractivity contribution is 1.19. The highest BCUT2D eigenvalue weighted by Crippen LogP contribution is 2.48. The van der Waals surface area contributed by atoms with Crippen LogP contribution in [0.2, 0.25) is 0 Å². The standard InChI is InChI=1S/4C15H13B/c1-9-3-5-11-13(7-9)14-8-10(2)4-6-12(14)15(11)16;1-9-5-3-7-11-13(9)14-10(2)6-4-8-12(14)15(11)16;1-9-6-7-11-13(8-9)14-10(2)4-3-5-12(14)15(11)16;1-9-6-7-11-13(8-9)15(16)12-5-3-4-10(2)14(11)12/h4*3-8,15H,1-2H3. The van der Waals surface area contributed by atoms with Gasteiger partial charge in [0.1, 0.15) is 0 Å². The summed E-state index contributed by atoms with van der Waals surface area (Å²) in [6.45, 7) is 17.1. The van der Waals surface area contributed by atoms with Gasteiger partial charge in [0.2, 0.25) is 0 Å². The van der Waals surface area contributed by atoms with Gasteiger partial charge < -0.3 is 0 Å². The zero-order valence-electron chi connectivity index (χ0n) is 38.5. The van der Waals surface area contributed by atoms with Crippen LogP contribution in [0.1, 0.15) is 112 Å². The van der Waals surface area contributed by atoms with E-state index in [4.69, 9.17) is 31.4 Å².